The predicted molar refractivity (Wildman–Crippen MR) is 128 cm³/mol. The van der Waals surface area contributed by atoms with Gasteiger partial charge in [0.15, 0.2) is 0 Å². The van der Waals surface area contributed by atoms with Crippen LogP contribution in [-0.2, 0) is 0 Å². The molecule has 160 valence electrons. The molecule has 3 amide bonds. The lowest BCUT2D eigenvalue weighted by molar-refractivity contribution is 0.0846. The maximum Gasteiger partial charge on any atom is 0.269 e. The van der Waals surface area contributed by atoms with Crippen molar-refractivity contribution in [2.24, 2.45) is 0 Å². The first kappa shape index (κ1) is 21.8. The van der Waals surface area contributed by atoms with E-state index >= 15 is 0 Å². The number of hydrogen-bond donors (Lipinski definition) is 3. The third-order valence-electron chi connectivity index (χ3n) is 4.54. The summed E-state index contributed by atoms with van der Waals surface area (Å²) in [6.45, 7) is 0. The Balaban J connectivity index is 1.37. The van der Waals surface area contributed by atoms with Crippen LogP contribution in [0.3, 0.4) is 0 Å². The smallest absolute Gasteiger partial charge is 0.269 e. The molecule has 0 saturated carbocycles. The molecule has 4 aromatic rings. The van der Waals surface area contributed by atoms with Crippen LogP contribution in [-0.4, -0.2) is 17.7 Å². The van der Waals surface area contributed by atoms with Crippen LogP contribution in [0.2, 0.25) is 10.0 Å². The van der Waals surface area contributed by atoms with E-state index in [4.69, 9.17) is 23.2 Å². The summed E-state index contributed by atoms with van der Waals surface area (Å²) in [6.07, 6.45) is 0. The minimum absolute atomic E-state index is 0.305. The first-order chi connectivity index (χ1) is 15.4. The highest BCUT2D eigenvalue weighted by Gasteiger charge is 2.17. The quantitative estimate of drug-likeness (QED) is 0.333. The largest absolute Gasteiger partial charge is 0.321 e. The van der Waals surface area contributed by atoms with Gasteiger partial charge in [-0.3, -0.25) is 25.2 Å². The molecule has 0 fully saturated rings. The fourth-order valence-electron chi connectivity index (χ4n) is 2.91. The van der Waals surface area contributed by atoms with Gasteiger partial charge in [0.1, 0.15) is 4.88 Å². The van der Waals surface area contributed by atoms with Crippen molar-refractivity contribution in [1.82, 2.24) is 10.9 Å². The van der Waals surface area contributed by atoms with Crippen LogP contribution in [0.15, 0.2) is 72.8 Å². The van der Waals surface area contributed by atoms with E-state index in [0.29, 0.717) is 31.7 Å². The van der Waals surface area contributed by atoms with E-state index in [-0.39, 0.29) is 5.91 Å². The van der Waals surface area contributed by atoms with Crippen LogP contribution in [0.4, 0.5) is 5.69 Å². The molecule has 0 unspecified atom stereocenters. The number of rotatable bonds is 4. The molecule has 0 spiro atoms. The maximum atomic E-state index is 12.6. The molecule has 0 bridgehead atoms. The SMILES string of the molecule is O=C(NNC(=O)c1ccc(NC(=O)c2sc3ccccc3c2Cl)cc1)c1ccc(Cl)cc1. The molecule has 0 aliphatic rings. The van der Waals surface area contributed by atoms with Gasteiger partial charge in [-0.1, -0.05) is 41.4 Å². The summed E-state index contributed by atoms with van der Waals surface area (Å²) in [5.74, 6) is -1.31. The van der Waals surface area contributed by atoms with Crippen LogP contribution in [0.25, 0.3) is 10.1 Å². The van der Waals surface area contributed by atoms with Crippen molar-refractivity contribution < 1.29 is 14.4 Å². The van der Waals surface area contributed by atoms with Gasteiger partial charge in [0, 0.05) is 31.9 Å². The third-order valence-corrected chi connectivity index (χ3v) is 6.47. The number of benzene rings is 3. The van der Waals surface area contributed by atoms with Gasteiger partial charge < -0.3 is 5.32 Å². The Morgan fingerprint density at radius 1 is 0.688 bits per heavy atom. The molecule has 9 heteroatoms. The Hall–Kier alpha value is -3.39. The molecule has 3 aromatic carbocycles. The Morgan fingerprint density at radius 2 is 1.25 bits per heavy atom. The first-order valence-corrected chi connectivity index (χ1v) is 10.9. The number of anilines is 1. The van der Waals surface area contributed by atoms with Crippen molar-refractivity contribution >= 4 is 68.0 Å². The second kappa shape index (κ2) is 9.40. The fourth-order valence-corrected chi connectivity index (χ4v) is 4.45. The summed E-state index contributed by atoms with van der Waals surface area (Å²) in [4.78, 5) is 37.4. The Labute approximate surface area is 197 Å². The zero-order valence-electron chi connectivity index (χ0n) is 16.3. The first-order valence-electron chi connectivity index (χ1n) is 9.37. The fraction of sp³-hybridized carbons (Fsp3) is 0. The summed E-state index contributed by atoms with van der Waals surface area (Å²) in [5.41, 5.74) is 5.85. The summed E-state index contributed by atoms with van der Waals surface area (Å²) in [5, 5.41) is 4.53. The van der Waals surface area contributed by atoms with Gasteiger partial charge in [-0.05, 0) is 54.6 Å². The normalized spacial score (nSPS) is 10.6. The molecule has 1 aromatic heterocycles. The molecule has 0 saturated heterocycles. The van der Waals surface area contributed by atoms with Crippen molar-refractivity contribution in [3.8, 4) is 0 Å². The zero-order chi connectivity index (χ0) is 22.7. The number of carbonyl (C=O) groups excluding carboxylic acids is 3. The highest BCUT2D eigenvalue weighted by molar-refractivity contribution is 7.21. The van der Waals surface area contributed by atoms with Gasteiger partial charge in [-0.15, -0.1) is 11.3 Å². The van der Waals surface area contributed by atoms with E-state index in [2.05, 4.69) is 16.2 Å². The van der Waals surface area contributed by atoms with Crippen molar-refractivity contribution in [3.05, 3.63) is 98.8 Å². The topological polar surface area (TPSA) is 87.3 Å². The second-order valence-electron chi connectivity index (χ2n) is 6.69. The monoisotopic (exact) mass is 483 g/mol. The summed E-state index contributed by atoms with van der Waals surface area (Å²) in [6, 6.07) is 20.0. The number of hydrazine groups is 1. The molecule has 0 aliphatic carbocycles. The molecule has 6 nitrogen and oxygen atoms in total. The van der Waals surface area contributed by atoms with Crippen LogP contribution in [0, 0.1) is 0 Å². The van der Waals surface area contributed by atoms with Crippen LogP contribution >= 0.6 is 34.5 Å². The van der Waals surface area contributed by atoms with Crippen molar-refractivity contribution in [2.75, 3.05) is 5.32 Å². The van der Waals surface area contributed by atoms with Gasteiger partial charge in [-0.25, -0.2) is 0 Å². The standard InChI is InChI=1S/C23H15Cl2N3O3S/c24-15-9-5-13(6-10-15)21(29)27-28-22(30)14-7-11-16(12-8-14)26-23(31)20-19(25)17-3-1-2-4-18(17)32-20/h1-12H,(H,26,31)(H,27,29)(H,28,30). The predicted octanol–water partition coefficient (Wildman–Crippen LogP) is 5.54. The number of fused-ring (bicyclic) bond motifs is 1. The minimum atomic E-state index is -0.502. The van der Waals surface area contributed by atoms with Gasteiger partial charge in [0.2, 0.25) is 0 Å². The van der Waals surface area contributed by atoms with E-state index in [0.717, 1.165) is 10.1 Å². The molecule has 3 N–H and O–H groups in total. The Bertz CT molecular complexity index is 1320. The summed E-state index contributed by atoms with van der Waals surface area (Å²) >= 11 is 13.5. The molecule has 0 radical (unpaired) electrons. The van der Waals surface area contributed by atoms with Gasteiger partial charge >= 0.3 is 0 Å². The van der Waals surface area contributed by atoms with Gasteiger partial charge in [0.05, 0.1) is 5.02 Å². The minimum Gasteiger partial charge on any atom is -0.321 e. The Morgan fingerprint density at radius 3 is 1.84 bits per heavy atom. The lowest BCUT2D eigenvalue weighted by atomic mass is 10.2. The number of carbonyl (C=O) groups is 3. The third kappa shape index (κ3) is 4.75. The molecular weight excluding hydrogens is 469 g/mol. The molecule has 0 aliphatic heterocycles. The van der Waals surface area contributed by atoms with Crippen molar-refractivity contribution in [3.63, 3.8) is 0 Å². The second-order valence-corrected chi connectivity index (χ2v) is 8.55. The molecule has 1 heterocycles. The lowest BCUT2D eigenvalue weighted by Gasteiger charge is -2.09. The summed E-state index contributed by atoms with van der Waals surface area (Å²) in [7, 11) is 0. The van der Waals surface area contributed by atoms with Crippen LogP contribution in [0.5, 0.6) is 0 Å². The average Bonchev–Trinajstić information content (AvgIpc) is 3.15. The van der Waals surface area contributed by atoms with Crippen molar-refractivity contribution in [2.45, 2.75) is 0 Å². The molecule has 0 atom stereocenters. The lowest BCUT2D eigenvalue weighted by Crippen LogP contribution is -2.41. The van der Waals surface area contributed by atoms with Gasteiger partial charge in [-0.2, -0.15) is 0 Å². The van der Waals surface area contributed by atoms with E-state index < -0.39 is 11.8 Å². The van der Waals surface area contributed by atoms with Crippen LogP contribution < -0.4 is 16.2 Å². The maximum absolute atomic E-state index is 12.6. The number of amides is 3. The Kier molecular flexibility index (Phi) is 6.41. The number of halogens is 2. The molecule has 32 heavy (non-hydrogen) atoms. The number of nitrogens with one attached hydrogen (secondary N) is 3. The van der Waals surface area contributed by atoms with Crippen LogP contribution in [0.1, 0.15) is 30.4 Å². The van der Waals surface area contributed by atoms with E-state index in [9.17, 15) is 14.4 Å². The highest BCUT2D eigenvalue weighted by Crippen LogP contribution is 2.35. The van der Waals surface area contributed by atoms with E-state index in [1.165, 1.54) is 23.5 Å². The average molecular weight is 484 g/mol. The molecule has 4 rings (SSSR count). The number of thiophene rings is 1. The van der Waals surface area contributed by atoms with Crippen molar-refractivity contribution in [1.29, 1.82) is 0 Å². The molecular formula is C23H15Cl2N3O3S. The van der Waals surface area contributed by atoms with E-state index in [1.54, 1.807) is 36.4 Å². The highest BCUT2D eigenvalue weighted by atomic mass is 35.5. The zero-order valence-corrected chi connectivity index (χ0v) is 18.6. The van der Waals surface area contributed by atoms with E-state index in [1.807, 2.05) is 24.3 Å². The van der Waals surface area contributed by atoms with Gasteiger partial charge in [0.25, 0.3) is 17.7 Å². The summed E-state index contributed by atoms with van der Waals surface area (Å²) < 4.78 is 0.926. The number of hydrogen-bond acceptors (Lipinski definition) is 4.